The molecule has 34 heavy (non-hydrogen) atoms. The Balaban J connectivity index is 1.46. The summed E-state index contributed by atoms with van der Waals surface area (Å²) in [6.07, 6.45) is 1.61. The van der Waals surface area contributed by atoms with Gasteiger partial charge in [-0.1, -0.05) is 35.4 Å². The molecule has 7 heteroatoms. The Morgan fingerprint density at radius 3 is 2.09 bits per heavy atom. The molecule has 2 aromatic rings. The number of aryl methyl sites for hydroxylation is 2. The van der Waals surface area contributed by atoms with Crippen LogP contribution in [-0.2, 0) is 23.7 Å². The van der Waals surface area contributed by atoms with E-state index < -0.39 is 36.2 Å². The van der Waals surface area contributed by atoms with E-state index in [4.69, 9.17) is 18.9 Å². The second kappa shape index (κ2) is 10.1. The van der Waals surface area contributed by atoms with E-state index in [1.165, 1.54) is 6.08 Å². The van der Waals surface area contributed by atoms with Crippen molar-refractivity contribution in [1.29, 1.82) is 0 Å². The summed E-state index contributed by atoms with van der Waals surface area (Å²) in [5.74, 6) is -0.999. The summed E-state index contributed by atoms with van der Waals surface area (Å²) in [4.78, 5) is 36.7. The molecule has 4 rings (SSSR count). The van der Waals surface area contributed by atoms with E-state index in [1.807, 2.05) is 38.1 Å². The van der Waals surface area contributed by atoms with E-state index in [2.05, 4.69) is 0 Å². The fourth-order valence-corrected chi connectivity index (χ4v) is 3.75. The van der Waals surface area contributed by atoms with Crippen molar-refractivity contribution in [3.8, 4) is 0 Å². The highest BCUT2D eigenvalue weighted by Gasteiger charge is 2.39. The predicted octanol–water partition coefficient (Wildman–Crippen LogP) is 4.23. The van der Waals surface area contributed by atoms with Gasteiger partial charge < -0.3 is 18.9 Å². The summed E-state index contributed by atoms with van der Waals surface area (Å²) in [6.45, 7) is 5.54. The zero-order valence-corrected chi connectivity index (χ0v) is 19.3. The number of rotatable bonds is 6. The third-order valence-electron chi connectivity index (χ3n) is 5.71. The van der Waals surface area contributed by atoms with Crippen LogP contribution in [-0.4, -0.2) is 42.8 Å². The lowest BCUT2D eigenvalue weighted by atomic mass is 10.1. The first kappa shape index (κ1) is 23.4. The smallest absolute Gasteiger partial charge is 0.338 e. The average molecular weight is 462 g/mol. The van der Waals surface area contributed by atoms with Crippen molar-refractivity contribution >= 4 is 17.9 Å². The van der Waals surface area contributed by atoms with Gasteiger partial charge in [-0.05, 0) is 56.7 Å². The lowest BCUT2D eigenvalue weighted by Gasteiger charge is -2.19. The van der Waals surface area contributed by atoms with Crippen LogP contribution in [0.3, 0.4) is 0 Å². The minimum Gasteiger partial charge on any atom is -0.459 e. The summed E-state index contributed by atoms with van der Waals surface area (Å²) in [5, 5.41) is 0. The Hall–Kier alpha value is -3.71. The molecule has 176 valence electrons. The molecule has 0 spiro atoms. The van der Waals surface area contributed by atoms with Crippen molar-refractivity contribution in [2.45, 2.75) is 45.5 Å². The Morgan fingerprint density at radius 2 is 1.53 bits per heavy atom. The number of esters is 3. The molecule has 2 aliphatic heterocycles. The molecule has 0 unspecified atom stereocenters. The molecule has 1 saturated heterocycles. The average Bonchev–Trinajstić information content (AvgIpc) is 3.33. The third-order valence-corrected chi connectivity index (χ3v) is 5.71. The lowest BCUT2D eigenvalue weighted by Crippen LogP contribution is -2.32. The number of carbonyl (C=O) groups excluding carboxylic acids is 3. The van der Waals surface area contributed by atoms with E-state index in [1.54, 1.807) is 37.3 Å². The van der Waals surface area contributed by atoms with E-state index in [9.17, 15) is 14.4 Å². The number of ether oxygens (including phenoxy) is 4. The maximum Gasteiger partial charge on any atom is 0.338 e. The molecule has 1 fully saturated rings. The van der Waals surface area contributed by atoms with Crippen LogP contribution in [0, 0.1) is 13.8 Å². The minimum absolute atomic E-state index is 0.0904. The Kier molecular flexibility index (Phi) is 6.93. The molecule has 7 nitrogen and oxygen atoms in total. The van der Waals surface area contributed by atoms with Crippen molar-refractivity contribution < 1.29 is 33.3 Å². The van der Waals surface area contributed by atoms with Crippen molar-refractivity contribution in [1.82, 2.24) is 0 Å². The van der Waals surface area contributed by atoms with Gasteiger partial charge in [0.05, 0.1) is 17.2 Å². The Morgan fingerprint density at radius 1 is 0.941 bits per heavy atom. The van der Waals surface area contributed by atoms with Crippen LogP contribution in [0.4, 0.5) is 0 Å². The standard InChI is InChI=1S/C27H26O7/c1-16-4-8-19(9-5-16)26(29)31-15-24-23(34-27(30)20-10-6-17(2)7-11-20)14-21(32-24)13-22-18(3)12-25(28)33-22/h4-13,21,23-24H,14-15H2,1-3H3/b22-13-/t21-,23-,24+/m0/s1. The minimum atomic E-state index is -0.674. The van der Waals surface area contributed by atoms with Crippen LogP contribution in [0.25, 0.3) is 0 Å². The van der Waals surface area contributed by atoms with Gasteiger partial charge in [0.25, 0.3) is 0 Å². The zero-order valence-electron chi connectivity index (χ0n) is 19.3. The molecule has 0 aliphatic carbocycles. The third kappa shape index (κ3) is 5.61. The molecule has 0 saturated carbocycles. The fourth-order valence-electron chi connectivity index (χ4n) is 3.75. The highest BCUT2D eigenvalue weighted by Crippen LogP contribution is 2.29. The van der Waals surface area contributed by atoms with Crippen molar-refractivity contribution in [2.75, 3.05) is 6.61 Å². The van der Waals surface area contributed by atoms with Crippen LogP contribution in [0.5, 0.6) is 0 Å². The van der Waals surface area contributed by atoms with E-state index in [0.29, 0.717) is 28.9 Å². The van der Waals surface area contributed by atoms with Gasteiger partial charge in [0.15, 0.2) is 0 Å². The van der Waals surface area contributed by atoms with Crippen LogP contribution in [0.2, 0.25) is 0 Å². The quantitative estimate of drug-likeness (QED) is 0.469. The molecule has 0 aromatic heterocycles. The van der Waals surface area contributed by atoms with Crippen LogP contribution >= 0.6 is 0 Å². The number of benzene rings is 2. The first-order valence-electron chi connectivity index (χ1n) is 11.1. The molecular formula is C27H26O7. The summed E-state index contributed by atoms with van der Waals surface area (Å²) in [6, 6.07) is 14.1. The predicted molar refractivity (Wildman–Crippen MR) is 123 cm³/mol. The molecule has 3 atom stereocenters. The molecule has 0 N–H and O–H groups in total. The number of carbonyl (C=O) groups is 3. The maximum atomic E-state index is 12.7. The normalized spacial score (nSPS) is 22.9. The number of hydrogen-bond acceptors (Lipinski definition) is 7. The van der Waals surface area contributed by atoms with Crippen LogP contribution in [0.1, 0.15) is 45.2 Å². The molecular weight excluding hydrogens is 436 g/mol. The maximum absolute atomic E-state index is 12.7. The first-order chi connectivity index (χ1) is 16.3. The molecule has 0 bridgehead atoms. The Labute approximate surface area is 198 Å². The van der Waals surface area contributed by atoms with Gasteiger partial charge in [0.1, 0.15) is 24.6 Å². The van der Waals surface area contributed by atoms with E-state index in [-0.39, 0.29) is 6.61 Å². The Bertz CT molecular complexity index is 1140. The van der Waals surface area contributed by atoms with Gasteiger partial charge in [-0.15, -0.1) is 0 Å². The number of allylic oxidation sites excluding steroid dienone is 1. The first-order valence-corrected chi connectivity index (χ1v) is 11.1. The van der Waals surface area contributed by atoms with Crippen molar-refractivity contribution in [3.05, 3.63) is 94.3 Å². The fraction of sp³-hybridized carbons (Fsp3) is 0.296. The summed E-state index contributed by atoms with van der Waals surface area (Å²) in [5.41, 5.74) is 3.60. The lowest BCUT2D eigenvalue weighted by molar-refractivity contribution is -0.132. The van der Waals surface area contributed by atoms with Gasteiger partial charge in [-0.25, -0.2) is 14.4 Å². The second-order valence-electron chi connectivity index (χ2n) is 8.50. The van der Waals surface area contributed by atoms with Gasteiger partial charge >= 0.3 is 17.9 Å². The molecule has 2 aliphatic rings. The van der Waals surface area contributed by atoms with Gasteiger partial charge in [-0.2, -0.15) is 0 Å². The number of hydrogen-bond donors (Lipinski definition) is 0. The van der Waals surface area contributed by atoms with E-state index >= 15 is 0 Å². The highest BCUT2D eigenvalue weighted by atomic mass is 16.6. The van der Waals surface area contributed by atoms with Gasteiger partial charge in [0, 0.05) is 12.5 Å². The summed E-state index contributed by atoms with van der Waals surface area (Å²) in [7, 11) is 0. The largest absolute Gasteiger partial charge is 0.459 e. The number of cyclic esters (lactones) is 1. The van der Waals surface area contributed by atoms with Crippen molar-refractivity contribution in [3.63, 3.8) is 0 Å². The van der Waals surface area contributed by atoms with Gasteiger partial charge in [-0.3, -0.25) is 0 Å². The molecule has 2 heterocycles. The zero-order chi connectivity index (χ0) is 24.2. The highest BCUT2D eigenvalue weighted by molar-refractivity contribution is 5.90. The van der Waals surface area contributed by atoms with Gasteiger partial charge in [0.2, 0.25) is 0 Å². The molecule has 2 aromatic carbocycles. The van der Waals surface area contributed by atoms with Crippen LogP contribution < -0.4 is 0 Å². The summed E-state index contributed by atoms with van der Waals surface area (Å²) >= 11 is 0. The SMILES string of the molecule is CC1=CC(=O)O/C1=C\[C@H]1C[C@H](OC(=O)c2ccc(C)cc2)[C@@H](COC(=O)c2ccc(C)cc2)O1. The van der Waals surface area contributed by atoms with E-state index in [0.717, 1.165) is 11.1 Å². The monoisotopic (exact) mass is 462 g/mol. The molecule has 0 amide bonds. The molecule has 0 radical (unpaired) electrons. The summed E-state index contributed by atoms with van der Waals surface area (Å²) < 4.78 is 22.4. The van der Waals surface area contributed by atoms with Crippen LogP contribution in [0.15, 0.2) is 72.0 Å². The van der Waals surface area contributed by atoms with Crippen molar-refractivity contribution in [2.24, 2.45) is 0 Å². The second-order valence-corrected chi connectivity index (χ2v) is 8.50. The topological polar surface area (TPSA) is 88.1 Å².